The summed E-state index contributed by atoms with van der Waals surface area (Å²) in [5.74, 6) is 0. The van der Waals surface area contributed by atoms with Crippen molar-refractivity contribution in [3.63, 3.8) is 0 Å². The highest BCUT2D eigenvalue weighted by molar-refractivity contribution is 6.30. The number of hydrogen-bond acceptors (Lipinski definition) is 5. The molecule has 0 radical (unpaired) electrons. The van der Waals surface area contributed by atoms with Gasteiger partial charge in [0.1, 0.15) is 11.2 Å². The summed E-state index contributed by atoms with van der Waals surface area (Å²) >= 11 is 6.18. The molecule has 0 unspecified atom stereocenters. The number of halogens is 1. The molecule has 0 bridgehead atoms. The zero-order chi connectivity index (χ0) is 20.8. The van der Waals surface area contributed by atoms with E-state index in [-0.39, 0.29) is 6.61 Å². The lowest BCUT2D eigenvalue weighted by atomic mass is 9.81. The molecule has 28 heavy (non-hydrogen) atoms. The van der Waals surface area contributed by atoms with Crippen LogP contribution in [0.15, 0.2) is 24.3 Å². The average Bonchev–Trinajstić information content (AvgIpc) is 2.64. The van der Waals surface area contributed by atoms with E-state index in [2.05, 4.69) is 0 Å². The van der Waals surface area contributed by atoms with E-state index >= 15 is 0 Å². The normalized spacial score (nSPS) is 19.9. The summed E-state index contributed by atoms with van der Waals surface area (Å²) in [6, 6.07) is 6.61. The third-order valence-corrected chi connectivity index (χ3v) is 5.00. The highest BCUT2D eigenvalue weighted by atomic mass is 35.5. The number of methoxy groups -OCH3 is 1. The summed E-state index contributed by atoms with van der Waals surface area (Å²) in [4.78, 5) is 14.5. The van der Waals surface area contributed by atoms with Gasteiger partial charge in [-0.15, -0.1) is 0 Å². The van der Waals surface area contributed by atoms with Gasteiger partial charge in [0.15, 0.2) is 0 Å². The van der Waals surface area contributed by atoms with E-state index in [1.807, 2.05) is 26.8 Å². The molecule has 0 aromatic heterocycles. The fraction of sp³-hybridized carbons (Fsp3) is 0.667. The van der Waals surface area contributed by atoms with Crippen LogP contribution in [0.2, 0.25) is 5.02 Å². The molecule has 158 valence electrons. The second kappa shape index (κ2) is 9.92. The fourth-order valence-corrected chi connectivity index (χ4v) is 3.66. The van der Waals surface area contributed by atoms with Crippen molar-refractivity contribution in [2.24, 2.45) is 0 Å². The standard InChI is InChI=1S/C21H32ClNO5/c1-20(2,3)28-19(24)23-11-6-5-10-18(23)21(25,15-27-13-12-26-4)16-8-7-9-17(22)14-16/h7-9,14,18,25H,5-6,10-13,15H2,1-4H3/t18-,21+/m1/s1. The van der Waals surface area contributed by atoms with E-state index in [1.165, 1.54) is 0 Å². The molecule has 2 rings (SSSR count). The average molecular weight is 414 g/mol. The Kier molecular flexibility index (Phi) is 8.13. The van der Waals surface area contributed by atoms with Crippen LogP contribution in [-0.4, -0.2) is 61.2 Å². The van der Waals surface area contributed by atoms with Gasteiger partial charge < -0.3 is 24.2 Å². The molecule has 6 nitrogen and oxygen atoms in total. The number of benzene rings is 1. The Balaban J connectivity index is 2.34. The van der Waals surface area contributed by atoms with Crippen LogP contribution < -0.4 is 0 Å². The second-order valence-electron chi connectivity index (χ2n) is 8.17. The van der Waals surface area contributed by atoms with E-state index in [0.717, 1.165) is 12.8 Å². The summed E-state index contributed by atoms with van der Waals surface area (Å²) in [6.07, 6.45) is 2.00. The van der Waals surface area contributed by atoms with Crippen molar-refractivity contribution in [2.75, 3.05) is 33.5 Å². The molecule has 1 saturated heterocycles. The molecule has 1 aliphatic rings. The van der Waals surface area contributed by atoms with Crippen LogP contribution in [0.3, 0.4) is 0 Å². The minimum Gasteiger partial charge on any atom is -0.444 e. The molecular formula is C21H32ClNO5. The summed E-state index contributed by atoms with van der Waals surface area (Å²) in [5, 5.41) is 12.3. The number of nitrogens with zero attached hydrogens (tertiary/aromatic N) is 1. The highest BCUT2D eigenvalue weighted by Gasteiger charge is 2.46. The second-order valence-corrected chi connectivity index (χ2v) is 8.60. The first-order valence-electron chi connectivity index (χ1n) is 9.72. The minimum atomic E-state index is -1.41. The molecule has 1 heterocycles. The quantitative estimate of drug-likeness (QED) is 0.685. The van der Waals surface area contributed by atoms with Crippen LogP contribution in [0.25, 0.3) is 0 Å². The van der Waals surface area contributed by atoms with E-state index in [9.17, 15) is 9.90 Å². The van der Waals surface area contributed by atoms with Crippen molar-refractivity contribution in [3.05, 3.63) is 34.9 Å². The monoisotopic (exact) mass is 413 g/mol. The van der Waals surface area contributed by atoms with Gasteiger partial charge in [0, 0.05) is 18.7 Å². The number of carbonyl (C=O) groups is 1. The molecule has 0 saturated carbocycles. The van der Waals surface area contributed by atoms with Crippen LogP contribution in [0, 0.1) is 0 Å². The maximum absolute atomic E-state index is 12.9. The molecule has 1 aromatic carbocycles. The zero-order valence-corrected chi connectivity index (χ0v) is 18.0. The first-order chi connectivity index (χ1) is 13.2. The van der Waals surface area contributed by atoms with Gasteiger partial charge >= 0.3 is 6.09 Å². The number of rotatable bonds is 7. The first-order valence-corrected chi connectivity index (χ1v) is 10.1. The van der Waals surface area contributed by atoms with Crippen molar-refractivity contribution in [2.45, 2.75) is 57.3 Å². The van der Waals surface area contributed by atoms with Gasteiger partial charge in [-0.05, 0) is 57.7 Å². The summed E-state index contributed by atoms with van der Waals surface area (Å²) in [6.45, 7) is 6.83. The molecule has 1 fully saturated rings. The van der Waals surface area contributed by atoms with Crippen molar-refractivity contribution < 1.29 is 24.1 Å². The molecule has 1 amide bonds. The summed E-state index contributed by atoms with van der Waals surface area (Å²) in [5.41, 5.74) is -1.39. The topological polar surface area (TPSA) is 68.2 Å². The molecule has 7 heteroatoms. The third-order valence-electron chi connectivity index (χ3n) is 4.76. The predicted octanol–water partition coefficient (Wildman–Crippen LogP) is 3.98. The highest BCUT2D eigenvalue weighted by Crippen LogP contribution is 2.36. The van der Waals surface area contributed by atoms with Crippen LogP contribution in [-0.2, 0) is 19.8 Å². The molecular weight excluding hydrogens is 382 g/mol. The van der Waals surface area contributed by atoms with Crippen LogP contribution in [0.4, 0.5) is 4.79 Å². The minimum absolute atomic E-state index is 0.0284. The molecule has 1 aliphatic heterocycles. The molecule has 0 aliphatic carbocycles. The number of piperidine rings is 1. The number of aliphatic hydroxyl groups is 1. The zero-order valence-electron chi connectivity index (χ0n) is 17.2. The van der Waals surface area contributed by atoms with E-state index in [0.29, 0.717) is 36.8 Å². The summed E-state index contributed by atoms with van der Waals surface area (Å²) in [7, 11) is 1.60. The summed E-state index contributed by atoms with van der Waals surface area (Å²) < 4.78 is 16.3. The van der Waals surface area contributed by atoms with Gasteiger partial charge in [0.25, 0.3) is 0 Å². The Bertz CT molecular complexity index is 648. The lowest BCUT2D eigenvalue weighted by molar-refractivity contribution is -0.118. The lowest BCUT2D eigenvalue weighted by Gasteiger charge is -2.45. The molecule has 0 spiro atoms. The van der Waals surface area contributed by atoms with Crippen LogP contribution in [0.5, 0.6) is 0 Å². The van der Waals surface area contributed by atoms with E-state index in [4.69, 9.17) is 25.8 Å². The molecule has 1 N–H and O–H groups in total. The van der Waals surface area contributed by atoms with E-state index in [1.54, 1.807) is 30.2 Å². The number of carbonyl (C=O) groups excluding carboxylic acids is 1. The van der Waals surface area contributed by atoms with Crippen LogP contribution >= 0.6 is 11.6 Å². The Labute approximate surface area is 172 Å². The first kappa shape index (κ1) is 22.9. The Morgan fingerprint density at radius 2 is 2.04 bits per heavy atom. The Morgan fingerprint density at radius 1 is 1.29 bits per heavy atom. The molecule has 1 aromatic rings. The van der Waals surface area contributed by atoms with Crippen molar-refractivity contribution >= 4 is 17.7 Å². The van der Waals surface area contributed by atoms with E-state index < -0.39 is 23.3 Å². The number of hydrogen-bond donors (Lipinski definition) is 1. The van der Waals surface area contributed by atoms with Crippen molar-refractivity contribution in [3.8, 4) is 0 Å². The van der Waals surface area contributed by atoms with Gasteiger partial charge in [-0.3, -0.25) is 0 Å². The number of likely N-dealkylation sites (tertiary alicyclic amines) is 1. The Hall–Kier alpha value is -1.34. The fourth-order valence-electron chi connectivity index (χ4n) is 3.47. The SMILES string of the molecule is COCCOC[C@](O)(c1cccc(Cl)c1)[C@H]1CCCCN1C(=O)OC(C)(C)C. The smallest absolute Gasteiger partial charge is 0.410 e. The maximum atomic E-state index is 12.9. The lowest BCUT2D eigenvalue weighted by Crippen LogP contribution is -2.58. The van der Waals surface area contributed by atoms with Gasteiger partial charge in [-0.1, -0.05) is 23.7 Å². The van der Waals surface area contributed by atoms with Gasteiger partial charge in [-0.2, -0.15) is 0 Å². The maximum Gasteiger partial charge on any atom is 0.410 e. The number of amides is 1. The largest absolute Gasteiger partial charge is 0.444 e. The number of ether oxygens (including phenoxy) is 3. The molecule has 2 atom stereocenters. The van der Waals surface area contributed by atoms with Crippen molar-refractivity contribution in [1.29, 1.82) is 0 Å². The van der Waals surface area contributed by atoms with Gasteiger partial charge in [0.05, 0.1) is 25.9 Å². The van der Waals surface area contributed by atoms with Crippen LogP contribution in [0.1, 0.15) is 45.6 Å². The predicted molar refractivity (Wildman–Crippen MR) is 109 cm³/mol. The van der Waals surface area contributed by atoms with Crippen molar-refractivity contribution in [1.82, 2.24) is 4.90 Å². The Morgan fingerprint density at radius 3 is 2.68 bits per heavy atom. The van der Waals surface area contributed by atoms with Gasteiger partial charge in [0.2, 0.25) is 0 Å². The van der Waals surface area contributed by atoms with Gasteiger partial charge in [-0.25, -0.2) is 4.79 Å². The third kappa shape index (κ3) is 6.08.